The number of hydrogen-bond acceptors (Lipinski definition) is 5. The number of nitrogen functional groups attached to an aromatic ring is 1. The number of carbonyl (C=O) groups is 1. The van der Waals surface area contributed by atoms with E-state index in [1.54, 1.807) is 30.5 Å². The van der Waals surface area contributed by atoms with Crippen LogP contribution in [0.15, 0.2) is 42.6 Å². The van der Waals surface area contributed by atoms with Gasteiger partial charge in [0, 0.05) is 37.1 Å². The van der Waals surface area contributed by atoms with Crippen LogP contribution >= 0.6 is 12.4 Å². The van der Waals surface area contributed by atoms with E-state index in [1.165, 1.54) is 0 Å². The number of nitrogens with two attached hydrogens (primary N) is 1. The maximum Gasteiger partial charge on any atom is 0.251 e. The van der Waals surface area contributed by atoms with Crippen LogP contribution < -0.4 is 16.0 Å². The van der Waals surface area contributed by atoms with Crippen LogP contribution in [0, 0.1) is 0 Å². The van der Waals surface area contributed by atoms with Crippen molar-refractivity contribution in [2.75, 3.05) is 36.9 Å². The third kappa shape index (κ3) is 4.59. The van der Waals surface area contributed by atoms with Gasteiger partial charge >= 0.3 is 0 Å². The Morgan fingerprint density at radius 2 is 1.92 bits per heavy atom. The third-order valence-corrected chi connectivity index (χ3v) is 3.77. The van der Waals surface area contributed by atoms with Crippen LogP contribution in [0.4, 0.5) is 11.5 Å². The smallest absolute Gasteiger partial charge is 0.251 e. The van der Waals surface area contributed by atoms with E-state index in [1.807, 2.05) is 12.1 Å². The lowest BCUT2D eigenvalue weighted by Crippen LogP contribution is -2.36. The van der Waals surface area contributed by atoms with Crippen LogP contribution in [0.3, 0.4) is 0 Å². The number of carbonyl (C=O) groups excluding carboxylic acids is 1. The molecule has 6 nitrogen and oxygen atoms in total. The predicted octanol–water partition coefficient (Wildman–Crippen LogP) is 1.85. The highest BCUT2D eigenvalue weighted by Gasteiger charge is 2.13. The van der Waals surface area contributed by atoms with E-state index < -0.39 is 0 Å². The molecular formula is C17H21ClN4O2. The average molecular weight is 349 g/mol. The number of aromatic nitrogens is 1. The van der Waals surface area contributed by atoms with Crippen LogP contribution in [0.25, 0.3) is 0 Å². The van der Waals surface area contributed by atoms with Crippen LogP contribution in [0.1, 0.15) is 15.9 Å². The molecule has 1 fully saturated rings. The number of rotatable bonds is 4. The van der Waals surface area contributed by atoms with Gasteiger partial charge in [-0.1, -0.05) is 0 Å². The van der Waals surface area contributed by atoms with E-state index in [4.69, 9.17) is 10.5 Å². The summed E-state index contributed by atoms with van der Waals surface area (Å²) in [5, 5.41) is 2.91. The zero-order valence-corrected chi connectivity index (χ0v) is 14.1. The second kappa shape index (κ2) is 8.52. The molecule has 1 aromatic heterocycles. The van der Waals surface area contributed by atoms with E-state index in [0.29, 0.717) is 17.8 Å². The Kier molecular flexibility index (Phi) is 6.40. The number of anilines is 2. The van der Waals surface area contributed by atoms with Crippen molar-refractivity contribution >= 4 is 29.8 Å². The molecule has 3 N–H and O–H groups in total. The molecule has 0 saturated carbocycles. The quantitative estimate of drug-likeness (QED) is 0.824. The standard InChI is InChI=1S/C17H20N4O2.ClH/c18-15-3-1-14(2-4-15)17(22)20-12-13-5-6-19-16(11-13)21-7-9-23-10-8-21;/h1-6,11H,7-10,12,18H2,(H,20,22);1H. The number of amides is 1. The molecule has 1 aromatic carbocycles. The monoisotopic (exact) mass is 348 g/mol. The first-order chi connectivity index (χ1) is 11.2. The molecule has 2 aromatic rings. The third-order valence-electron chi connectivity index (χ3n) is 3.77. The molecule has 3 rings (SSSR count). The minimum Gasteiger partial charge on any atom is -0.399 e. The molecule has 1 amide bonds. The summed E-state index contributed by atoms with van der Waals surface area (Å²) in [6.07, 6.45) is 1.77. The Morgan fingerprint density at radius 1 is 1.21 bits per heavy atom. The fraction of sp³-hybridized carbons (Fsp3) is 0.294. The van der Waals surface area contributed by atoms with Crippen LogP contribution in [-0.4, -0.2) is 37.2 Å². The Morgan fingerprint density at radius 3 is 2.62 bits per heavy atom. The van der Waals surface area contributed by atoms with Gasteiger partial charge in [-0.15, -0.1) is 12.4 Å². The number of halogens is 1. The van der Waals surface area contributed by atoms with Crippen LogP contribution in [0.2, 0.25) is 0 Å². The molecule has 0 bridgehead atoms. The summed E-state index contributed by atoms with van der Waals surface area (Å²) in [4.78, 5) is 18.7. The van der Waals surface area contributed by atoms with Gasteiger partial charge in [-0.3, -0.25) is 4.79 Å². The van der Waals surface area contributed by atoms with Crippen LogP contribution in [0.5, 0.6) is 0 Å². The number of pyridine rings is 1. The fourth-order valence-electron chi connectivity index (χ4n) is 2.45. The maximum absolute atomic E-state index is 12.1. The molecule has 1 aliphatic rings. The van der Waals surface area contributed by atoms with Gasteiger partial charge in [0.25, 0.3) is 5.91 Å². The summed E-state index contributed by atoms with van der Waals surface area (Å²) in [7, 11) is 0. The number of ether oxygens (including phenoxy) is 1. The second-order valence-electron chi connectivity index (χ2n) is 5.43. The lowest BCUT2D eigenvalue weighted by molar-refractivity contribution is 0.0951. The number of nitrogens with zero attached hydrogens (tertiary/aromatic N) is 2. The minimum atomic E-state index is -0.116. The molecule has 0 unspecified atom stereocenters. The van der Waals surface area contributed by atoms with Crippen molar-refractivity contribution in [2.24, 2.45) is 0 Å². The lowest BCUT2D eigenvalue weighted by Gasteiger charge is -2.28. The summed E-state index contributed by atoms with van der Waals surface area (Å²) in [5.41, 5.74) is 7.89. The van der Waals surface area contributed by atoms with Gasteiger partial charge in [0.2, 0.25) is 0 Å². The number of nitrogens with one attached hydrogen (secondary N) is 1. The maximum atomic E-state index is 12.1. The topological polar surface area (TPSA) is 80.5 Å². The van der Waals surface area contributed by atoms with E-state index in [-0.39, 0.29) is 18.3 Å². The van der Waals surface area contributed by atoms with E-state index >= 15 is 0 Å². The van der Waals surface area contributed by atoms with Gasteiger partial charge in [-0.2, -0.15) is 0 Å². The lowest BCUT2D eigenvalue weighted by atomic mass is 10.2. The fourth-order valence-corrected chi connectivity index (χ4v) is 2.45. The number of hydrogen-bond donors (Lipinski definition) is 2. The zero-order valence-electron chi connectivity index (χ0n) is 13.3. The van der Waals surface area contributed by atoms with Gasteiger partial charge in [0.05, 0.1) is 13.2 Å². The van der Waals surface area contributed by atoms with E-state index in [2.05, 4.69) is 15.2 Å². The summed E-state index contributed by atoms with van der Waals surface area (Å²) < 4.78 is 5.35. The number of morpholine rings is 1. The molecule has 0 atom stereocenters. The molecule has 128 valence electrons. The van der Waals surface area contributed by atoms with Crippen molar-refractivity contribution in [2.45, 2.75) is 6.54 Å². The van der Waals surface area contributed by atoms with Gasteiger partial charge < -0.3 is 20.7 Å². The van der Waals surface area contributed by atoms with Gasteiger partial charge in [-0.05, 0) is 42.0 Å². The van der Waals surface area contributed by atoms with Crippen molar-refractivity contribution < 1.29 is 9.53 Å². The highest BCUT2D eigenvalue weighted by molar-refractivity contribution is 5.94. The zero-order chi connectivity index (χ0) is 16.1. The highest BCUT2D eigenvalue weighted by Crippen LogP contribution is 2.14. The summed E-state index contributed by atoms with van der Waals surface area (Å²) in [6, 6.07) is 10.8. The van der Waals surface area contributed by atoms with Crippen molar-refractivity contribution in [3.8, 4) is 0 Å². The molecule has 1 aliphatic heterocycles. The van der Waals surface area contributed by atoms with Crippen molar-refractivity contribution in [3.05, 3.63) is 53.7 Å². The summed E-state index contributed by atoms with van der Waals surface area (Å²) >= 11 is 0. The normalized spacial score (nSPS) is 13.9. The van der Waals surface area contributed by atoms with Crippen LogP contribution in [-0.2, 0) is 11.3 Å². The first kappa shape index (κ1) is 18.0. The second-order valence-corrected chi connectivity index (χ2v) is 5.43. The van der Waals surface area contributed by atoms with Gasteiger partial charge in [0.15, 0.2) is 0 Å². The van der Waals surface area contributed by atoms with Crippen molar-refractivity contribution in [1.82, 2.24) is 10.3 Å². The first-order valence-corrected chi connectivity index (χ1v) is 7.64. The Bertz CT molecular complexity index is 673. The SMILES string of the molecule is Cl.Nc1ccc(C(=O)NCc2ccnc(N3CCOCC3)c2)cc1. The molecule has 24 heavy (non-hydrogen) atoms. The number of benzene rings is 1. The molecule has 2 heterocycles. The van der Waals surface area contributed by atoms with Gasteiger partial charge in [-0.25, -0.2) is 4.98 Å². The Labute approximate surface area is 147 Å². The van der Waals surface area contributed by atoms with Crippen molar-refractivity contribution in [1.29, 1.82) is 0 Å². The summed E-state index contributed by atoms with van der Waals surface area (Å²) in [5.74, 6) is 0.808. The molecule has 7 heteroatoms. The van der Waals surface area contributed by atoms with E-state index in [0.717, 1.165) is 37.7 Å². The Hall–Kier alpha value is -2.31. The molecule has 0 radical (unpaired) electrons. The average Bonchev–Trinajstić information content (AvgIpc) is 2.61. The Balaban J connectivity index is 0.00000208. The minimum absolute atomic E-state index is 0. The largest absolute Gasteiger partial charge is 0.399 e. The van der Waals surface area contributed by atoms with E-state index in [9.17, 15) is 4.79 Å². The summed E-state index contributed by atoms with van der Waals surface area (Å²) in [6.45, 7) is 3.59. The predicted molar refractivity (Wildman–Crippen MR) is 96.5 cm³/mol. The first-order valence-electron chi connectivity index (χ1n) is 7.64. The van der Waals surface area contributed by atoms with Crippen molar-refractivity contribution in [3.63, 3.8) is 0 Å². The molecule has 0 aliphatic carbocycles. The molecule has 1 saturated heterocycles. The molecular weight excluding hydrogens is 328 g/mol. The molecule has 0 spiro atoms. The highest BCUT2D eigenvalue weighted by atomic mass is 35.5. The van der Waals surface area contributed by atoms with Gasteiger partial charge in [0.1, 0.15) is 5.82 Å².